The maximum atomic E-state index is 12.9. The van der Waals surface area contributed by atoms with Gasteiger partial charge in [0, 0.05) is 38.0 Å². The number of aromatic nitrogens is 2. The Bertz CT molecular complexity index is 1970. The Balaban J connectivity index is 0.000000306. The third-order valence-electron chi connectivity index (χ3n) is 9.38. The van der Waals surface area contributed by atoms with Gasteiger partial charge in [-0.1, -0.05) is 55.4 Å². The van der Waals surface area contributed by atoms with Gasteiger partial charge < -0.3 is 5.11 Å². The molecule has 0 amide bonds. The molecule has 0 aliphatic rings. The van der Waals surface area contributed by atoms with E-state index < -0.39 is 14.5 Å². The van der Waals surface area contributed by atoms with E-state index in [9.17, 15) is 18.7 Å². The summed E-state index contributed by atoms with van der Waals surface area (Å²) >= 11 is -0.0296. The molecule has 0 aliphatic carbocycles. The zero-order valence-corrected chi connectivity index (χ0v) is 36.9. The van der Waals surface area contributed by atoms with E-state index in [1.165, 1.54) is 16.6 Å². The Morgan fingerprint density at radius 2 is 1.47 bits per heavy atom. The minimum atomic E-state index is -2.34. The number of hydrogen-bond acceptors (Lipinski definition) is 4. The molecule has 1 radical (unpaired) electrons. The molecule has 2 heterocycles. The van der Waals surface area contributed by atoms with Crippen molar-refractivity contribution in [1.82, 2.24) is 9.97 Å². The molecule has 9 heteroatoms. The quantitative estimate of drug-likeness (QED) is 0.0620. The molecule has 0 bridgehead atoms. The number of alkyl halides is 2. The van der Waals surface area contributed by atoms with Gasteiger partial charge in [-0.25, -0.2) is 0 Å². The summed E-state index contributed by atoms with van der Waals surface area (Å²) in [5.41, 5.74) is 3.52. The Labute approximate surface area is 323 Å². The van der Waals surface area contributed by atoms with Crippen LogP contribution < -0.4 is 5.19 Å². The van der Waals surface area contributed by atoms with Crippen LogP contribution in [0.2, 0.25) is 19.6 Å². The molecule has 0 unspecified atom stereocenters. The first-order valence-corrected chi connectivity index (χ1v) is 23.0. The SMILES string of the molecule is CC(C)C(C(=O)/C=C(\O)C(C(C)C)C(C)C)C(C)C.C[Si](C)(C)c1cc(-c2ncnc3c2[se]c2cc(CC(F)F)ccc23)[c-]c2ccccc12.[Ir]. The van der Waals surface area contributed by atoms with Crippen molar-refractivity contribution < 1.29 is 38.8 Å². The van der Waals surface area contributed by atoms with E-state index in [0.717, 1.165) is 36.1 Å². The third kappa shape index (κ3) is 10.3. The molecule has 0 fully saturated rings. The topological polar surface area (TPSA) is 63.1 Å². The van der Waals surface area contributed by atoms with Crippen LogP contribution in [0.3, 0.4) is 0 Å². The summed E-state index contributed by atoms with van der Waals surface area (Å²) in [6.45, 7) is 23.7. The van der Waals surface area contributed by atoms with Crippen molar-refractivity contribution in [3.8, 4) is 11.3 Å². The Morgan fingerprint density at radius 1 is 0.863 bits per heavy atom. The average Bonchev–Trinajstić information content (AvgIpc) is 3.37. The number of allylic oxidation sites excluding steroid dienone is 2. The smallest absolute Gasteiger partial charge is 0 e. The number of fused-ring (bicyclic) bond motifs is 4. The molecule has 5 aromatic rings. The van der Waals surface area contributed by atoms with Crippen molar-refractivity contribution >= 4 is 63.7 Å². The molecule has 5 rings (SSSR count). The van der Waals surface area contributed by atoms with E-state index in [0.29, 0.717) is 29.2 Å². The van der Waals surface area contributed by atoms with Crippen LogP contribution in [0.4, 0.5) is 8.78 Å². The Morgan fingerprint density at radius 3 is 2.04 bits per heavy atom. The zero-order valence-electron chi connectivity index (χ0n) is 31.8. The second-order valence-electron chi connectivity index (χ2n) is 15.8. The molecule has 3 aromatic carbocycles. The van der Waals surface area contributed by atoms with Crippen LogP contribution in [-0.4, -0.2) is 49.9 Å². The van der Waals surface area contributed by atoms with Crippen molar-refractivity contribution in [2.24, 2.45) is 35.5 Å². The van der Waals surface area contributed by atoms with Crippen LogP contribution in [0.25, 0.3) is 41.5 Å². The predicted octanol–water partition coefficient (Wildman–Crippen LogP) is 10.7. The summed E-state index contributed by atoms with van der Waals surface area (Å²) in [7, 11) is -1.60. The van der Waals surface area contributed by atoms with Crippen molar-refractivity contribution in [1.29, 1.82) is 0 Å². The number of carbonyl (C=O) groups excluding carboxylic acids is 1. The predicted molar refractivity (Wildman–Crippen MR) is 211 cm³/mol. The van der Waals surface area contributed by atoms with E-state index in [2.05, 4.69) is 115 Å². The summed E-state index contributed by atoms with van der Waals surface area (Å²) in [6, 6.07) is 19.9. The van der Waals surface area contributed by atoms with Crippen LogP contribution in [0.5, 0.6) is 0 Å². The van der Waals surface area contributed by atoms with Gasteiger partial charge in [0.15, 0.2) is 5.78 Å². The van der Waals surface area contributed by atoms with Gasteiger partial charge in [0.2, 0.25) is 0 Å². The molecular weight excluding hydrogens is 902 g/mol. The van der Waals surface area contributed by atoms with E-state index in [1.54, 1.807) is 12.4 Å². The zero-order chi connectivity index (χ0) is 37.1. The maximum absolute atomic E-state index is 12.9. The van der Waals surface area contributed by atoms with Crippen LogP contribution in [0, 0.1) is 41.6 Å². The molecule has 0 atom stereocenters. The third-order valence-corrected chi connectivity index (χ3v) is 13.8. The summed E-state index contributed by atoms with van der Waals surface area (Å²) in [5.74, 6) is 1.63. The number of hydrogen-bond donors (Lipinski definition) is 1. The van der Waals surface area contributed by atoms with Crippen molar-refractivity contribution in [3.63, 3.8) is 0 Å². The second kappa shape index (κ2) is 18.0. The first kappa shape index (κ1) is 42.9. The molecule has 277 valence electrons. The number of aliphatic hydroxyl groups is 1. The van der Waals surface area contributed by atoms with Gasteiger partial charge in [0.05, 0.1) is 5.76 Å². The van der Waals surface area contributed by atoms with E-state index in [-0.39, 0.29) is 64.4 Å². The van der Waals surface area contributed by atoms with Gasteiger partial charge in [-0.2, -0.15) is 0 Å². The molecule has 51 heavy (non-hydrogen) atoms. The standard InChI is InChI=1S/C25H21F2N2SeSi.C17H32O2.Ir/c1-31(2,3)21-13-17(12-16-6-4-5-7-18(16)21)23-25-24(29-14-28-23)19-9-8-15(11-22(26)27)10-20(19)30-25;1-10(2)16(11(3)4)14(18)9-15(19)17(12(5)6)13(7)8;/h4-10,13-14,22H,11H2,1-3H3;9-13,16-18H,1-8H3;/q-1;;/b;14-9-;. The molecule has 0 aliphatic heterocycles. The summed E-state index contributed by atoms with van der Waals surface area (Å²) in [4.78, 5) is 21.6. The largest absolute Gasteiger partial charge is 0 e. The second-order valence-corrected chi connectivity index (χ2v) is 23.1. The Kier molecular flexibility index (Phi) is 15.1. The van der Waals surface area contributed by atoms with Gasteiger partial charge in [0.1, 0.15) is 0 Å². The maximum Gasteiger partial charge on any atom is 0 e. The number of halogens is 2. The van der Waals surface area contributed by atoms with E-state index in [4.69, 9.17) is 0 Å². The molecule has 0 saturated carbocycles. The number of rotatable bonds is 11. The van der Waals surface area contributed by atoms with E-state index >= 15 is 0 Å². The molecule has 2 aromatic heterocycles. The first-order chi connectivity index (χ1) is 23.4. The summed E-state index contributed by atoms with van der Waals surface area (Å²) in [5, 5.41) is 15.1. The van der Waals surface area contributed by atoms with Crippen molar-refractivity contribution in [2.45, 2.75) is 87.9 Å². The van der Waals surface area contributed by atoms with Gasteiger partial charge in [0.25, 0.3) is 0 Å². The average molecular weight is 955 g/mol. The minimum absolute atomic E-state index is 0. The van der Waals surface area contributed by atoms with E-state index in [1.807, 2.05) is 18.2 Å². The normalized spacial score (nSPS) is 12.7. The molecule has 1 N–H and O–H groups in total. The van der Waals surface area contributed by atoms with Crippen LogP contribution in [0.1, 0.15) is 61.0 Å². The van der Waals surface area contributed by atoms with Crippen LogP contribution >= 0.6 is 0 Å². The van der Waals surface area contributed by atoms with Gasteiger partial charge in [-0.15, -0.1) is 0 Å². The van der Waals surface area contributed by atoms with Crippen LogP contribution in [0.15, 0.2) is 66.7 Å². The summed E-state index contributed by atoms with van der Waals surface area (Å²) < 4.78 is 28.0. The first-order valence-electron chi connectivity index (χ1n) is 17.7. The van der Waals surface area contributed by atoms with Gasteiger partial charge in [-0.3, -0.25) is 4.79 Å². The van der Waals surface area contributed by atoms with Gasteiger partial charge >= 0.3 is 187 Å². The molecule has 0 spiro atoms. The monoisotopic (exact) mass is 956 g/mol. The number of carbonyl (C=O) groups is 1. The fourth-order valence-corrected chi connectivity index (χ4v) is 11.5. The van der Waals surface area contributed by atoms with Gasteiger partial charge in [-0.05, 0) is 23.7 Å². The van der Waals surface area contributed by atoms with Crippen LogP contribution in [-0.2, 0) is 31.3 Å². The fraction of sp³-hybridized carbons (Fsp3) is 0.452. The molecular formula is C42H53F2IrN2O2SeSi-. The number of aliphatic hydroxyl groups excluding tert-OH is 1. The Hall–Kier alpha value is -2.54. The number of benzene rings is 3. The molecule has 4 nitrogen and oxygen atoms in total. The summed E-state index contributed by atoms with van der Waals surface area (Å²) in [6.07, 6.45) is 0.548. The fourth-order valence-electron chi connectivity index (χ4n) is 7.31. The number of nitrogens with zero attached hydrogens (tertiary/aromatic N) is 2. The molecule has 0 saturated heterocycles. The minimum Gasteiger partial charge on any atom is 0 e. The van der Waals surface area contributed by atoms with Crippen molar-refractivity contribution in [2.75, 3.05) is 0 Å². The number of ketones is 1. The van der Waals surface area contributed by atoms with Crippen molar-refractivity contribution in [3.05, 3.63) is 78.3 Å².